The zero-order chi connectivity index (χ0) is 9.84. The molecule has 1 rings (SSSR count). The van der Waals surface area contributed by atoms with Crippen molar-refractivity contribution in [2.75, 3.05) is 33.8 Å². The number of rotatable bonds is 3. The van der Waals surface area contributed by atoms with Gasteiger partial charge in [-0.3, -0.25) is 4.79 Å². The van der Waals surface area contributed by atoms with Crippen molar-refractivity contribution in [3.05, 3.63) is 0 Å². The summed E-state index contributed by atoms with van der Waals surface area (Å²) in [5.41, 5.74) is 0. The van der Waals surface area contributed by atoms with Crippen LogP contribution in [0.1, 0.15) is 6.92 Å². The summed E-state index contributed by atoms with van der Waals surface area (Å²) in [5.74, 6) is -0.106. The van der Waals surface area contributed by atoms with Crippen LogP contribution in [0.25, 0.3) is 0 Å². The van der Waals surface area contributed by atoms with Crippen molar-refractivity contribution >= 4 is 5.97 Å². The maximum absolute atomic E-state index is 11.4. The van der Waals surface area contributed by atoms with Crippen LogP contribution in [0.4, 0.5) is 0 Å². The fraction of sp³-hybridized carbons (Fsp3) is 0.889. The average molecular weight is 186 g/mol. The van der Waals surface area contributed by atoms with E-state index in [-0.39, 0.29) is 17.9 Å². The van der Waals surface area contributed by atoms with Gasteiger partial charge in [-0.15, -0.1) is 0 Å². The molecular formula is C9H18N2O2. The summed E-state index contributed by atoms with van der Waals surface area (Å²) >= 11 is 0. The number of carbonyl (C=O) groups excluding carboxylic acids is 1. The predicted octanol–water partition coefficient (Wildman–Crippen LogP) is -0.301. The Labute approximate surface area is 79.2 Å². The van der Waals surface area contributed by atoms with Crippen molar-refractivity contribution in [3.8, 4) is 0 Å². The first-order valence-corrected chi connectivity index (χ1v) is 4.68. The zero-order valence-electron chi connectivity index (χ0n) is 8.54. The van der Waals surface area contributed by atoms with Gasteiger partial charge in [0.2, 0.25) is 0 Å². The minimum absolute atomic E-state index is 0.00468. The fourth-order valence-corrected chi connectivity index (χ4v) is 1.86. The normalized spacial score (nSPS) is 29.2. The molecule has 1 N–H and O–H groups in total. The predicted molar refractivity (Wildman–Crippen MR) is 50.5 cm³/mol. The van der Waals surface area contributed by atoms with Crippen LogP contribution < -0.4 is 5.32 Å². The van der Waals surface area contributed by atoms with Crippen LogP contribution in [0.15, 0.2) is 0 Å². The summed E-state index contributed by atoms with van der Waals surface area (Å²) in [6, 6.07) is 0.252. The van der Waals surface area contributed by atoms with Crippen LogP contribution in [-0.2, 0) is 9.53 Å². The van der Waals surface area contributed by atoms with E-state index in [0.29, 0.717) is 0 Å². The fourth-order valence-electron chi connectivity index (χ4n) is 1.86. The molecule has 0 aliphatic carbocycles. The topological polar surface area (TPSA) is 41.6 Å². The number of carbonyl (C=O) groups is 1. The number of likely N-dealkylation sites (tertiary alicyclic amines) is 1. The molecule has 1 fully saturated rings. The number of likely N-dealkylation sites (N-methyl/N-ethyl adjacent to an activating group) is 2. The van der Waals surface area contributed by atoms with Gasteiger partial charge in [-0.2, -0.15) is 0 Å². The highest BCUT2D eigenvalue weighted by Crippen LogP contribution is 2.16. The van der Waals surface area contributed by atoms with Gasteiger partial charge in [0, 0.05) is 19.1 Å². The summed E-state index contributed by atoms with van der Waals surface area (Å²) < 4.78 is 4.75. The molecule has 13 heavy (non-hydrogen) atoms. The van der Waals surface area contributed by atoms with Gasteiger partial charge in [-0.1, -0.05) is 6.92 Å². The standard InChI is InChI=1S/C9H18N2O2/c1-4-10-8-6-11(2)5-7(8)9(12)13-3/h7-8,10H,4-6H2,1-3H3. The van der Waals surface area contributed by atoms with Crippen LogP contribution >= 0.6 is 0 Å². The Morgan fingerprint density at radius 1 is 1.62 bits per heavy atom. The third kappa shape index (κ3) is 2.42. The first kappa shape index (κ1) is 10.5. The van der Waals surface area contributed by atoms with E-state index < -0.39 is 0 Å². The number of nitrogens with zero attached hydrogens (tertiary/aromatic N) is 1. The van der Waals surface area contributed by atoms with E-state index in [9.17, 15) is 4.79 Å². The van der Waals surface area contributed by atoms with Crippen molar-refractivity contribution in [1.82, 2.24) is 10.2 Å². The van der Waals surface area contributed by atoms with Gasteiger partial charge in [-0.05, 0) is 13.6 Å². The molecule has 2 atom stereocenters. The second-order valence-electron chi connectivity index (χ2n) is 3.52. The van der Waals surface area contributed by atoms with Crippen molar-refractivity contribution in [2.24, 2.45) is 5.92 Å². The molecule has 76 valence electrons. The molecule has 0 spiro atoms. The van der Waals surface area contributed by atoms with Gasteiger partial charge in [0.25, 0.3) is 0 Å². The molecule has 1 heterocycles. The van der Waals surface area contributed by atoms with Crippen LogP contribution in [0, 0.1) is 5.92 Å². The van der Waals surface area contributed by atoms with E-state index in [4.69, 9.17) is 4.74 Å². The van der Waals surface area contributed by atoms with E-state index in [1.165, 1.54) is 7.11 Å². The van der Waals surface area contributed by atoms with Gasteiger partial charge in [0.15, 0.2) is 0 Å². The molecule has 1 saturated heterocycles. The molecule has 2 unspecified atom stereocenters. The Bertz CT molecular complexity index is 184. The van der Waals surface area contributed by atoms with Crippen molar-refractivity contribution in [2.45, 2.75) is 13.0 Å². The lowest BCUT2D eigenvalue weighted by atomic mass is 10.0. The van der Waals surface area contributed by atoms with Crippen LogP contribution in [0.3, 0.4) is 0 Å². The van der Waals surface area contributed by atoms with Crippen molar-refractivity contribution in [3.63, 3.8) is 0 Å². The van der Waals surface area contributed by atoms with Gasteiger partial charge < -0.3 is 15.0 Å². The molecule has 0 aromatic rings. The lowest BCUT2D eigenvalue weighted by Crippen LogP contribution is -2.39. The molecule has 0 bridgehead atoms. The highest BCUT2D eigenvalue weighted by atomic mass is 16.5. The summed E-state index contributed by atoms with van der Waals surface area (Å²) in [5, 5.41) is 3.30. The molecule has 4 nitrogen and oxygen atoms in total. The van der Waals surface area contributed by atoms with Crippen LogP contribution in [0.2, 0.25) is 0 Å². The lowest BCUT2D eigenvalue weighted by molar-refractivity contribution is -0.145. The maximum Gasteiger partial charge on any atom is 0.311 e. The zero-order valence-corrected chi connectivity index (χ0v) is 8.54. The number of ether oxygens (including phenoxy) is 1. The first-order valence-electron chi connectivity index (χ1n) is 4.68. The third-order valence-electron chi connectivity index (χ3n) is 2.47. The largest absolute Gasteiger partial charge is 0.469 e. The summed E-state index contributed by atoms with van der Waals surface area (Å²) in [6.07, 6.45) is 0. The molecule has 0 saturated carbocycles. The second kappa shape index (κ2) is 4.58. The number of nitrogens with one attached hydrogen (secondary N) is 1. The smallest absolute Gasteiger partial charge is 0.311 e. The van der Waals surface area contributed by atoms with E-state index in [0.717, 1.165) is 19.6 Å². The molecule has 0 radical (unpaired) electrons. The minimum atomic E-state index is -0.102. The van der Waals surface area contributed by atoms with E-state index in [1.807, 2.05) is 14.0 Å². The summed E-state index contributed by atoms with van der Waals surface area (Å²) in [6.45, 7) is 4.66. The lowest BCUT2D eigenvalue weighted by Gasteiger charge is -2.16. The Morgan fingerprint density at radius 2 is 2.31 bits per heavy atom. The third-order valence-corrected chi connectivity index (χ3v) is 2.47. The Morgan fingerprint density at radius 3 is 2.85 bits per heavy atom. The summed E-state index contributed by atoms with van der Waals surface area (Å²) in [4.78, 5) is 13.5. The molecule has 1 aliphatic heterocycles. The highest BCUT2D eigenvalue weighted by Gasteiger charge is 2.35. The monoisotopic (exact) mass is 186 g/mol. The van der Waals surface area contributed by atoms with Gasteiger partial charge in [0.1, 0.15) is 0 Å². The summed E-state index contributed by atoms with van der Waals surface area (Å²) in [7, 11) is 3.47. The van der Waals surface area contributed by atoms with E-state index >= 15 is 0 Å². The highest BCUT2D eigenvalue weighted by molar-refractivity contribution is 5.73. The Balaban J connectivity index is 2.55. The Hall–Kier alpha value is -0.610. The van der Waals surface area contributed by atoms with Crippen molar-refractivity contribution in [1.29, 1.82) is 0 Å². The molecular weight excluding hydrogens is 168 g/mol. The van der Waals surface area contributed by atoms with Crippen LogP contribution in [-0.4, -0.2) is 50.7 Å². The first-order chi connectivity index (χ1) is 6.19. The van der Waals surface area contributed by atoms with Gasteiger partial charge >= 0.3 is 5.97 Å². The SMILES string of the molecule is CCNC1CN(C)CC1C(=O)OC. The van der Waals surface area contributed by atoms with Crippen molar-refractivity contribution < 1.29 is 9.53 Å². The van der Waals surface area contributed by atoms with Gasteiger partial charge in [0.05, 0.1) is 13.0 Å². The molecule has 0 aromatic carbocycles. The second-order valence-corrected chi connectivity index (χ2v) is 3.52. The number of esters is 1. The Kier molecular flexibility index (Phi) is 3.69. The van der Waals surface area contributed by atoms with Crippen LogP contribution in [0.5, 0.6) is 0 Å². The molecule has 4 heteroatoms. The minimum Gasteiger partial charge on any atom is -0.469 e. The maximum atomic E-state index is 11.4. The number of hydrogen-bond acceptors (Lipinski definition) is 4. The number of methoxy groups -OCH3 is 1. The van der Waals surface area contributed by atoms with E-state index in [1.54, 1.807) is 0 Å². The number of hydrogen-bond donors (Lipinski definition) is 1. The molecule has 0 amide bonds. The molecule has 1 aliphatic rings. The van der Waals surface area contributed by atoms with E-state index in [2.05, 4.69) is 10.2 Å². The average Bonchev–Trinajstić information content (AvgIpc) is 2.46. The van der Waals surface area contributed by atoms with Gasteiger partial charge in [-0.25, -0.2) is 0 Å². The molecule has 0 aromatic heterocycles. The quantitative estimate of drug-likeness (QED) is 0.614.